The van der Waals surface area contributed by atoms with Crippen LogP contribution in [0.3, 0.4) is 0 Å². The fourth-order valence-corrected chi connectivity index (χ4v) is 4.67. The topological polar surface area (TPSA) is 59.6 Å². The maximum atomic E-state index is 13.5. The van der Waals surface area contributed by atoms with Gasteiger partial charge in [-0.1, -0.05) is 54.0 Å². The average Bonchev–Trinajstić information content (AvgIpc) is 3.23. The maximum Gasteiger partial charge on any atom is 0.270 e. The summed E-state index contributed by atoms with van der Waals surface area (Å²) in [5, 5.41) is 12.7. The van der Waals surface area contributed by atoms with Gasteiger partial charge in [0.15, 0.2) is 0 Å². The van der Waals surface area contributed by atoms with Gasteiger partial charge in [-0.25, -0.2) is 0 Å². The van der Waals surface area contributed by atoms with E-state index in [1.165, 1.54) is 0 Å². The average molecular weight is 442 g/mol. The lowest BCUT2D eigenvalue weighted by Crippen LogP contribution is -2.44. The molecule has 1 amide bonds. The molecule has 6 heteroatoms. The molecule has 0 fully saturated rings. The lowest BCUT2D eigenvalue weighted by atomic mass is 9.92. The van der Waals surface area contributed by atoms with E-state index in [1.807, 2.05) is 48.5 Å². The Kier molecular flexibility index (Phi) is 5.04. The van der Waals surface area contributed by atoms with E-state index in [-0.39, 0.29) is 5.91 Å². The van der Waals surface area contributed by atoms with Crippen LogP contribution < -0.4 is 4.90 Å². The van der Waals surface area contributed by atoms with Crippen LogP contribution in [0.5, 0.6) is 0 Å². The number of anilines is 1. The summed E-state index contributed by atoms with van der Waals surface area (Å²) in [6.07, 6.45) is 0. The zero-order chi connectivity index (χ0) is 19.9. The molecule has 1 unspecified atom stereocenters. The minimum Gasteiger partial charge on any atom is -0.371 e. The molecule has 4 rings (SSSR count). The molecular formula is C22H24BrN3O2. The molecule has 0 radical (unpaired) electrons. The van der Waals surface area contributed by atoms with Gasteiger partial charge in [0, 0.05) is 28.6 Å². The van der Waals surface area contributed by atoms with Crippen LogP contribution in [-0.2, 0) is 10.4 Å². The van der Waals surface area contributed by atoms with Gasteiger partial charge in [0.25, 0.3) is 5.91 Å². The van der Waals surface area contributed by atoms with Gasteiger partial charge in [-0.15, -0.1) is 0 Å². The highest BCUT2D eigenvalue weighted by atomic mass is 79.9. The molecule has 1 aliphatic heterocycles. The van der Waals surface area contributed by atoms with E-state index in [4.69, 9.17) is 0 Å². The number of carbonyl (C=O) groups is 1. The van der Waals surface area contributed by atoms with Crippen LogP contribution in [0.1, 0.15) is 25.1 Å². The second-order valence-corrected chi connectivity index (χ2v) is 7.95. The van der Waals surface area contributed by atoms with E-state index < -0.39 is 5.60 Å². The zero-order valence-electron chi connectivity index (χ0n) is 16.1. The Hall–Kier alpha value is -2.15. The predicted octanol–water partition coefficient (Wildman–Crippen LogP) is 3.85. The molecule has 1 aliphatic rings. The summed E-state index contributed by atoms with van der Waals surface area (Å²) in [6, 6.07) is 15.3. The number of benzene rings is 2. The van der Waals surface area contributed by atoms with Crippen LogP contribution in [0.25, 0.3) is 10.9 Å². The van der Waals surface area contributed by atoms with Crippen molar-refractivity contribution >= 4 is 38.4 Å². The predicted molar refractivity (Wildman–Crippen MR) is 116 cm³/mol. The number of nitrogens with zero attached hydrogens (tertiary/aromatic N) is 2. The van der Waals surface area contributed by atoms with E-state index >= 15 is 0 Å². The Morgan fingerprint density at radius 2 is 1.89 bits per heavy atom. The molecule has 3 aromatic rings. The molecule has 146 valence electrons. The van der Waals surface area contributed by atoms with Gasteiger partial charge in [0.05, 0.1) is 11.4 Å². The van der Waals surface area contributed by atoms with E-state index in [2.05, 4.69) is 39.7 Å². The largest absolute Gasteiger partial charge is 0.371 e. The maximum absolute atomic E-state index is 13.5. The Labute approximate surface area is 173 Å². The van der Waals surface area contributed by atoms with Crippen LogP contribution in [0.4, 0.5) is 5.69 Å². The lowest BCUT2D eigenvalue weighted by Gasteiger charge is -2.25. The molecule has 28 heavy (non-hydrogen) atoms. The molecule has 2 N–H and O–H groups in total. The summed E-state index contributed by atoms with van der Waals surface area (Å²) >= 11 is 3.56. The first kappa shape index (κ1) is 19.2. The summed E-state index contributed by atoms with van der Waals surface area (Å²) < 4.78 is 0.727. The SMILES string of the molecule is CCN(CC)CCN1C(=O)C(O)(c2cc3ccccc3[nH]2)c2c(Br)cccc21. The Morgan fingerprint density at radius 3 is 2.61 bits per heavy atom. The minimum absolute atomic E-state index is 0.312. The summed E-state index contributed by atoms with van der Waals surface area (Å²) in [5.41, 5.74) is 1.02. The number of carbonyl (C=O) groups excluding carboxylic acids is 1. The third kappa shape index (κ3) is 2.87. The summed E-state index contributed by atoms with van der Waals surface area (Å²) in [6.45, 7) is 7.37. The van der Waals surface area contributed by atoms with Gasteiger partial charge in [0.1, 0.15) is 0 Å². The van der Waals surface area contributed by atoms with Crippen molar-refractivity contribution in [3.8, 4) is 0 Å². The van der Waals surface area contributed by atoms with Crippen LogP contribution in [-0.4, -0.2) is 47.1 Å². The molecular weight excluding hydrogens is 418 g/mol. The summed E-state index contributed by atoms with van der Waals surface area (Å²) in [7, 11) is 0. The number of amides is 1. The molecule has 0 saturated heterocycles. The van der Waals surface area contributed by atoms with E-state index in [1.54, 1.807) is 4.90 Å². The molecule has 0 aliphatic carbocycles. The molecule has 5 nitrogen and oxygen atoms in total. The smallest absolute Gasteiger partial charge is 0.270 e. The number of rotatable bonds is 6. The number of hydrogen-bond acceptors (Lipinski definition) is 3. The van der Waals surface area contributed by atoms with Crippen molar-refractivity contribution in [1.82, 2.24) is 9.88 Å². The van der Waals surface area contributed by atoms with E-state index in [0.717, 1.165) is 40.7 Å². The highest BCUT2D eigenvalue weighted by Crippen LogP contribution is 2.47. The van der Waals surface area contributed by atoms with Crippen molar-refractivity contribution in [3.05, 3.63) is 64.3 Å². The first-order chi connectivity index (χ1) is 13.5. The van der Waals surface area contributed by atoms with Crippen LogP contribution in [0.15, 0.2) is 53.0 Å². The number of para-hydroxylation sites is 1. The zero-order valence-corrected chi connectivity index (χ0v) is 17.7. The van der Waals surface area contributed by atoms with Gasteiger partial charge in [-0.2, -0.15) is 0 Å². The minimum atomic E-state index is -1.74. The molecule has 0 spiro atoms. The van der Waals surface area contributed by atoms with Crippen LogP contribution >= 0.6 is 15.9 Å². The van der Waals surface area contributed by atoms with Crippen molar-refractivity contribution in [2.24, 2.45) is 0 Å². The first-order valence-corrected chi connectivity index (χ1v) is 10.4. The van der Waals surface area contributed by atoms with Crippen LogP contribution in [0.2, 0.25) is 0 Å². The molecule has 1 aromatic heterocycles. The number of aliphatic hydroxyl groups is 1. The van der Waals surface area contributed by atoms with Crippen LogP contribution in [0, 0.1) is 0 Å². The Morgan fingerprint density at radius 1 is 1.14 bits per heavy atom. The number of halogens is 1. The number of aromatic nitrogens is 1. The van der Waals surface area contributed by atoms with Crippen molar-refractivity contribution in [2.75, 3.05) is 31.1 Å². The standard InChI is InChI=1S/C22H24BrN3O2/c1-3-25(4-2)12-13-26-18-11-7-9-16(23)20(18)22(28,21(26)27)19-14-15-8-5-6-10-17(15)24-19/h5-11,14,24,28H,3-4,12-13H2,1-2H3. The highest BCUT2D eigenvalue weighted by molar-refractivity contribution is 9.10. The van der Waals surface area contributed by atoms with E-state index in [9.17, 15) is 9.90 Å². The van der Waals surface area contributed by atoms with Gasteiger partial charge in [-0.3, -0.25) is 4.79 Å². The number of nitrogens with one attached hydrogen (secondary N) is 1. The fraction of sp³-hybridized carbons (Fsp3) is 0.318. The Bertz CT molecular complexity index is 995. The van der Waals surface area contributed by atoms with Gasteiger partial charge in [-0.05, 0) is 42.7 Å². The van der Waals surface area contributed by atoms with Gasteiger partial charge in [0.2, 0.25) is 5.60 Å². The lowest BCUT2D eigenvalue weighted by molar-refractivity contribution is -0.132. The number of H-pyrrole nitrogens is 1. The second kappa shape index (κ2) is 7.35. The van der Waals surface area contributed by atoms with Gasteiger partial charge >= 0.3 is 0 Å². The number of hydrogen-bond donors (Lipinski definition) is 2. The highest BCUT2D eigenvalue weighted by Gasteiger charge is 2.53. The molecule has 1 atom stereocenters. The normalized spacial score (nSPS) is 19.0. The summed E-state index contributed by atoms with van der Waals surface area (Å²) in [5.74, 6) is -0.312. The molecule has 2 heterocycles. The second-order valence-electron chi connectivity index (χ2n) is 7.10. The van der Waals surface area contributed by atoms with Crippen molar-refractivity contribution in [1.29, 1.82) is 0 Å². The molecule has 2 aromatic carbocycles. The molecule has 0 bridgehead atoms. The summed E-state index contributed by atoms with van der Waals surface area (Å²) in [4.78, 5) is 20.8. The van der Waals surface area contributed by atoms with E-state index in [0.29, 0.717) is 17.8 Å². The van der Waals surface area contributed by atoms with Crippen molar-refractivity contribution in [2.45, 2.75) is 19.4 Å². The number of fused-ring (bicyclic) bond motifs is 2. The quantitative estimate of drug-likeness (QED) is 0.610. The number of aromatic amines is 1. The Balaban J connectivity index is 1.81. The first-order valence-electron chi connectivity index (χ1n) is 9.64. The third-order valence-corrected chi connectivity index (χ3v) is 6.31. The van der Waals surface area contributed by atoms with Crippen molar-refractivity contribution < 1.29 is 9.90 Å². The number of likely N-dealkylation sites (N-methyl/N-ethyl adjacent to an activating group) is 1. The fourth-order valence-electron chi connectivity index (χ4n) is 4.03. The third-order valence-electron chi connectivity index (χ3n) is 5.65. The monoisotopic (exact) mass is 441 g/mol. The van der Waals surface area contributed by atoms with Crippen molar-refractivity contribution in [3.63, 3.8) is 0 Å². The van der Waals surface area contributed by atoms with Gasteiger partial charge < -0.3 is 19.9 Å². The molecule has 0 saturated carbocycles.